The van der Waals surface area contributed by atoms with E-state index in [0.717, 1.165) is 42.5 Å². The molecule has 1 fully saturated rings. The summed E-state index contributed by atoms with van der Waals surface area (Å²) in [6, 6.07) is 24.3. The predicted molar refractivity (Wildman–Crippen MR) is 147 cm³/mol. The van der Waals surface area contributed by atoms with Crippen LogP contribution in [0.25, 0.3) is 6.08 Å². The molecule has 3 aromatic carbocycles. The summed E-state index contributed by atoms with van der Waals surface area (Å²) in [6.45, 7) is 6.03. The first-order chi connectivity index (χ1) is 17.6. The Kier molecular flexibility index (Phi) is 7.28. The van der Waals surface area contributed by atoms with Gasteiger partial charge in [0.2, 0.25) is 0 Å². The van der Waals surface area contributed by atoms with Crippen LogP contribution in [0, 0.1) is 6.92 Å². The number of amidine groups is 1. The van der Waals surface area contributed by atoms with Gasteiger partial charge in [-0.15, -0.1) is 0 Å². The normalized spacial score (nSPS) is 16.9. The van der Waals surface area contributed by atoms with Gasteiger partial charge in [-0.2, -0.15) is 4.99 Å². The van der Waals surface area contributed by atoms with Gasteiger partial charge in [-0.05, 0) is 60.2 Å². The number of carbonyl (C=O) groups is 1. The van der Waals surface area contributed by atoms with E-state index in [9.17, 15) is 4.79 Å². The zero-order valence-electron chi connectivity index (χ0n) is 20.5. The summed E-state index contributed by atoms with van der Waals surface area (Å²) < 4.78 is 11.5. The maximum atomic E-state index is 12.7. The van der Waals surface area contributed by atoms with E-state index in [1.54, 1.807) is 7.11 Å². The molecule has 0 aliphatic carbocycles. The van der Waals surface area contributed by atoms with E-state index in [1.165, 1.54) is 23.0 Å². The summed E-state index contributed by atoms with van der Waals surface area (Å²) in [5.74, 6) is 1.10. The molecule has 0 unspecified atom stereocenters. The molecule has 2 aliphatic heterocycles. The van der Waals surface area contributed by atoms with Crippen molar-refractivity contribution in [1.82, 2.24) is 4.90 Å². The molecule has 0 aromatic heterocycles. The van der Waals surface area contributed by atoms with Gasteiger partial charge in [0.1, 0.15) is 6.61 Å². The molecule has 0 radical (unpaired) electrons. The number of aliphatic imine (C=N–C) groups is 1. The van der Waals surface area contributed by atoms with Crippen LogP contribution in [0.5, 0.6) is 11.5 Å². The molecule has 5 rings (SSSR count). The second kappa shape index (κ2) is 10.9. The summed E-state index contributed by atoms with van der Waals surface area (Å²) in [4.78, 5) is 22.2. The minimum Gasteiger partial charge on any atom is -0.493 e. The van der Waals surface area contributed by atoms with Gasteiger partial charge in [0.05, 0.1) is 12.0 Å². The number of aryl methyl sites for hydroxylation is 1. The summed E-state index contributed by atoms with van der Waals surface area (Å²) in [5, 5.41) is 0.782. The van der Waals surface area contributed by atoms with Crippen molar-refractivity contribution in [1.29, 1.82) is 0 Å². The average Bonchev–Trinajstić information content (AvgIpc) is 3.28. The van der Waals surface area contributed by atoms with Crippen molar-refractivity contribution in [2.24, 2.45) is 4.99 Å². The Labute approximate surface area is 216 Å². The molecule has 1 saturated heterocycles. The van der Waals surface area contributed by atoms with Crippen LogP contribution in [-0.2, 0) is 11.4 Å². The Morgan fingerprint density at radius 2 is 1.64 bits per heavy atom. The van der Waals surface area contributed by atoms with Gasteiger partial charge in [0.25, 0.3) is 5.91 Å². The fourth-order valence-corrected chi connectivity index (χ4v) is 5.19. The van der Waals surface area contributed by atoms with E-state index in [2.05, 4.69) is 46.0 Å². The smallest absolute Gasteiger partial charge is 0.286 e. The third kappa shape index (κ3) is 5.57. The highest BCUT2D eigenvalue weighted by molar-refractivity contribution is 8.18. The minimum atomic E-state index is -0.195. The molecular formula is C29H29N3O3S. The molecule has 36 heavy (non-hydrogen) atoms. The standard InChI is InChI=1S/C29H29N3O3S/c1-21-8-11-24(12-9-21)31-14-16-32(17-15-31)29-30-28(33)27(36-29)19-23-10-13-25(26(18-23)34-2)35-20-22-6-4-3-5-7-22/h3-13,18-19H,14-17,20H2,1-2H3/b27-19+. The Balaban J connectivity index is 1.21. The number of piperazine rings is 1. The molecular weight excluding hydrogens is 470 g/mol. The number of benzene rings is 3. The second-order valence-electron chi connectivity index (χ2n) is 8.80. The van der Waals surface area contributed by atoms with Crippen molar-refractivity contribution >= 4 is 34.6 Å². The molecule has 184 valence electrons. The fourth-order valence-electron chi connectivity index (χ4n) is 4.22. The fraction of sp³-hybridized carbons (Fsp3) is 0.241. The molecule has 7 heteroatoms. The number of hydrogen-bond donors (Lipinski definition) is 0. The third-order valence-electron chi connectivity index (χ3n) is 6.28. The molecule has 1 amide bonds. The van der Waals surface area contributed by atoms with E-state index in [0.29, 0.717) is 23.0 Å². The van der Waals surface area contributed by atoms with E-state index < -0.39 is 0 Å². The highest BCUT2D eigenvalue weighted by atomic mass is 32.2. The van der Waals surface area contributed by atoms with Crippen LogP contribution < -0.4 is 14.4 Å². The molecule has 2 aliphatic rings. The molecule has 0 N–H and O–H groups in total. The van der Waals surface area contributed by atoms with Crippen LogP contribution in [0.2, 0.25) is 0 Å². The number of nitrogens with zero attached hydrogens (tertiary/aromatic N) is 3. The highest BCUT2D eigenvalue weighted by Gasteiger charge is 2.28. The number of amides is 1. The highest BCUT2D eigenvalue weighted by Crippen LogP contribution is 2.34. The van der Waals surface area contributed by atoms with E-state index in [-0.39, 0.29) is 5.91 Å². The summed E-state index contributed by atoms with van der Waals surface area (Å²) in [6.07, 6.45) is 1.87. The maximum absolute atomic E-state index is 12.7. The average molecular weight is 500 g/mol. The van der Waals surface area contributed by atoms with Crippen LogP contribution in [0.1, 0.15) is 16.7 Å². The van der Waals surface area contributed by atoms with Crippen LogP contribution in [-0.4, -0.2) is 49.3 Å². The van der Waals surface area contributed by atoms with Crippen LogP contribution >= 0.6 is 11.8 Å². The van der Waals surface area contributed by atoms with Crippen molar-refractivity contribution in [3.8, 4) is 11.5 Å². The number of thioether (sulfide) groups is 1. The van der Waals surface area contributed by atoms with E-state index >= 15 is 0 Å². The second-order valence-corrected chi connectivity index (χ2v) is 9.81. The first-order valence-electron chi connectivity index (χ1n) is 12.0. The van der Waals surface area contributed by atoms with Gasteiger partial charge in [-0.1, -0.05) is 54.1 Å². The van der Waals surface area contributed by atoms with E-state index in [4.69, 9.17) is 9.47 Å². The number of rotatable bonds is 6. The molecule has 6 nitrogen and oxygen atoms in total. The van der Waals surface area contributed by atoms with Gasteiger partial charge >= 0.3 is 0 Å². The molecule has 0 saturated carbocycles. The molecule has 3 aromatic rings. The van der Waals surface area contributed by atoms with Crippen LogP contribution in [0.3, 0.4) is 0 Å². The lowest BCUT2D eigenvalue weighted by Crippen LogP contribution is -2.47. The number of anilines is 1. The zero-order chi connectivity index (χ0) is 24.9. The van der Waals surface area contributed by atoms with Crippen molar-refractivity contribution in [2.45, 2.75) is 13.5 Å². The molecule has 0 spiro atoms. The molecule has 2 heterocycles. The quantitative estimate of drug-likeness (QED) is 0.425. The van der Waals surface area contributed by atoms with Crippen molar-refractivity contribution < 1.29 is 14.3 Å². The lowest BCUT2D eigenvalue weighted by atomic mass is 10.2. The van der Waals surface area contributed by atoms with E-state index in [1.807, 2.05) is 54.6 Å². The largest absolute Gasteiger partial charge is 0.493 e. The first-order valence-corrected chi connectivity index (χ1v) is 12.8. The first kappa shape index (κ1) is 24.0. The van der Waals surface area contributed by atoms with Gasteiger partial charge in [0.15, 0.2) is 16.7 Å². The SMILES string of the molecule is COc1cc(/C=C2/SC(N3CCN(c4ccc(C)cc4)CC3)=NC2=O)ccc1OCc1ccccc1. The Hall–Kier alpha value is -3.71. The lowest BCUT2D eigenvalue weighted by Gasteiger charge is -2.36. The van der Waals surface area contributed by atoms with Crippen LogP contribution in [0.4, 0.5) is 5.69 Å². The molecule has 0 atom stereocenters. The van der Waals surface area contributed by atoms with Gasteiger partial charge in [0, 0.05) is 31.9 Å². The summed E-state index contributed by atoms with van der Waals surface area (Å²) in [7, 11) is 1.62. The minimum absolute atomic E-state index is 0.195. The molecule has 0 bridgehead atoms. The maximum Gasteiger partial charge on any atom is 0.286 e. The topological polar surface area (TPSA) is 54.4 Å². The zero-order valence-corrected chi connectivity index (χ0v) is 21.3. The summed E-state index contributed by atoms with van der Waals surface area (Å²) >= 11 is 1.44. The van der Waals surface area contributed by atoms with Crippen LogP contribution in [0.15, 0.2) is 82.7 Å². The number of methoxy groups -OCH3 is 1. The third-order valence-corrected chi connectivity index (χ3v) is 7.33. The van der Waals surface area contributed by atoms with Crippen molar-refractivity contribution in [2.75, 3.05) is 38.2 Å². The van der Waals surface area contributed by atoms with Gasteiger partial charge in [-0.25, -0.2) is 0 Å². The van der Waals surface area contributed by atoms with Gasteiger partial charge in [-0.3, -0.25) is 4.79 Å². The predicted octanol–water partition coefficient (Wildman–Crippen LogP) is 5.38. The number of ether oxygens (including phenoxy) is 2. The number of carbonyl (C=O) groups excluding carboxylic acids is 1. The lowest BCUT2D eigenvalue weighted by molar-refractivity contribution is -0.113. The Bertz CT molecular complexity index is 1280. The Morgan fingerprint density at radius 3 is 2.36 bits per heavy atom. The van der Waals surface area contributed by atoms with Crippen molar-refractivity contribution in [3.63, 3.8) is 0 Å². The van der Waals surface area contributed by atoms with Gasteiger partial charge < -0.3 is 19.3 Å². The Morgan fingerprint density at radius 1 is 0.917 bits per heavy atom. The van der Waals surface area contributed by atoms with Crippen molar-refractivity contribution in [3.05, 3.63) is 94.4 Å². The summed E-state index contributed by atoms with van der Waals surface area (Å²) in [5.41, 5.74) is 4.46. The monoisotopic (exact) mass is 499 g/mol. The number of hydrogen-bond acceptors (Lipinski definition) is 6.